The smallest absolute Gasteiger partial charge is 0.299 e. The third kappa shape index (κ3) is 6.54. The predicted molar refractivity (Wildman–Crippen MR) is 77.4 cm³/mol. The van der Waals surface area contributed by atoms with Crippen LogP contribution in [0.1, 0.15) is 12.0 Å². The fourth-order valence-corrected chi connectivity index (χ4v) is 2.21. The molecule has 0 atom stereocenters. The molecule has 3 N–H and O–H groups in total. The Kier molecular flexibility index (Phi) is 7.04. The number of nitrogens with one attached hydrogen (secondary N) is 2. The molecule has 1 aromatic carbocycles. The van der Waals surface area contributed by atoms with Gasteiger partial charge in [0, 0.05) is 25.6 Å². The van der Waals surface area contributed by atoms with Crippen molar-refractivity contribution < 1.29 is 18.3 Å². The molecule has 0 aromatic heterocycles. The summed E-state index contributed by atoms with van der Waals surface area (Å²) in [5.41, 5.74) is 1.10. The molecule has 0 spiro atoms. The van der Waals surface area contributed by atoms with Gasteiger partial charge in [0.15, 0.2) is 0 Å². The van der Waals surface area contributed by atoms with Crippen LogP contribution in [-0.2, 0) is 14.9 Å². The van der Waals surface area contributed by atoms with E-state index in [9.17, 15) is 8.42 Å². The maximum Gasteiger partial charge on any atom is 0.299 e. The minimum atomic E-state index is -3.62. The van der Waals surface area contributed by atoms with Crippen LogP contribution in [0.2, 0.25) is 0 Å². The summed E-state index contributed by atoms with van der Waals surface area (Å²) in [5.74, 6) is 5.61. The van der Waals surface area contributed by atoms with E-state index in [2.05, 4.69) is 21.3 Å². The second-order valence-electron chi connectivity index (χ2n) is 3.85. The molecule has 0 aliphatic carbocycles. The lowest BCUT2D eigenvalue weighted by atomic mass is 10.2. The maximum atomic E-state index is 11.7. The van der Waals surface area contributed by atoms with E-state index in [0.717, 1.165) is 0 Å². The summed E-state index contributed by atoms with van der Waals surface area (Å²) in [6.45, 7) is 0.498. The van der Waals surface area contributed by atoms with Crippen molar-refractivity contribution in [2.75, 3.05) is 31.6 Å². The van der Waals surface area contributed by atoms with Crippen molar-refractivity contribution in [1.29, 1.82) is 0 Å². The van der Waals surface area contributed by atoms with Crippen molar-refractivity contribution in [2.45, 2.75) is 6.42 Å². The van der Waals surface area contributed by atoms with Gasteiger partial charge in [-0.05, 0) is 18.2 Å². The number of hydrogen-bond acceptors (Lipinski definition) is 4. The van der Waals surface area contributed by atoms with E-state index in [1.165, 1.54) is 7.11 Å². The number of benzene rings is 1. The van der Waals surface area contributed by atoms with Crippen molar-refractivity contribution in [2.24, 2.45) is 0 Å². The van der Waals surface area contributed by atoms with E-state index in [4.69, 9.17) is 9.84 Å². The zero-order valence-electron chi connectivity index (χ0n) is 11.2. The zero-order chi connectivity index (χ0) is 14.8. The van der Waals surface area contributed by atoms with Gasteiger partial charge in [0.05, 0.1) is 18.9 Å². The third-order valence-electron chi connectivity index (χ3n) is 2.18. The van der Waals surface area contributed by atoms with Gasteiger partial charge in [0.25, 0.3) is 10.2 Å². The Morgan fingerprint density at radius 1 is 1.40 bits per heavy atom. The molecule has 6 nitrogen and oxygen atoms in total. The second-order valence-corrected chi connectivity index (χ2v) is 5.35. The van der Waals surface area contributed by atoms with E-state index in [1.54, 1.807) is 24.3 Å². The van der Waals surface area contributed by atoms with Crippen molar-refractivity contribution in [3.63, 3.8) is 0 Å². The van der Waals surface area contributed by atoms with Gasteiger partial charge in [0.1, 0.15) is 0 Å². The Balaban J connectivity index is 2.68. The highest BCUT2D eigenvalue weighted by molar-refractivity contribution is 7.90. The molecule has 20 heavy (non-hydrogen) atoms. The summed E-state index contributed by atoms with van der Waals surface area (Å²) in [6, 6.07) is 6.73. The highest BCUT2D eigenvalue weighted by atomic mass is 32.2. The van der Waals surface area contributed by atoms with Gasteiger partial charge >= 0.3 is 0 Å². The summed E-state index contributed by atoms with van der Waals surface area (Å²) < 4.78 is 32.9. The Morgan fingerprint density at radius 2 is 2.20 bits per heavy atom. The molecule has 0 saturated heterocycles. The van der Waals surface area contributed by atoms with Crippen LogP contribution in [0.4, 0.5) is 5.69 Å². The third-order valence-corrected chi connectivity index (χ3v) is 3.27. The Hall–Kier alpha value is -1.59. The summed E-state index contributed by atoms with van der Waals surface area (Å²) in [5, 5.41) is 8.64. The normalized spacial score (nSPS) is 10.7. The lowest BCUT2D eigenvalue weighted by molar-refractivity contribution is 0.204. The molecular weight excluding hydrogens is 280 g/mol. The van der Waals surface area contributed by atoms with Crippen LogP contribution in [-0.4, -0.2) is 40.4 Å². The van der Waals surface area contributed by atoms with Crippen LogP contribution in [0, 0.1) is 11.8 Å². The molecule has 0 fully saturated rings. The lowest BCUT2D eigenvalue weighted by Crippen LogP contribution is -2.32. The van der Waals surface area contributed by atoms with Gasteiger partial charge in [-0.15, -0.1) is 0 Å². The second kappa shape index (κ2) is 8.55. The SMILES string of the molecule is COCCNS(=O)(=O)Nc1cccc(C#CCCO)c1. The van der Waals surface area contributed by atoms with E-state index in [-0.39, 0.29) is 13.2 Å². The molecule has 0 aliphatic heterocycles. The number of ether oxygens (including phenoxy) is 1. The van der Waals surface area contributed by atoms with Crippen LogP contribution >= 0.6 is 0 Å². The van der Waals surface area contributed by atoms with Gasteiger partial charge < -0.3 is 9.84 Å². The lowest BCUT2D eigenvalue weighted by Gasteiger charge is -2.09. The Labute approximate surface area is 119 Å². The predicted octanol–water partition coefficient (Wildman–Crippen LogP) is 0.313. The number of anilines is 1. The van der Waals surface area contributed by atoms with Crippen molar-refractivity contribution in [1.82, 2.24) is 4.72 Å². The maximum absolute atomic E-state index is 11.7. The largest absolute Gasteiger partial charge is 0.395 e. The van der Waals surface area contributed by atoms with Crippen LogP contribution < -0.4 is 9.44 Å². The molecule has 1 rings (SSSR count). The first-order valence-electron chi connectivity index (χ1n) is 6.03. The molecule has 0 saturated carbocycles. The van der Waals surface area contributed by atoms with Crippen LogP contribution in [0.25, 0.3) is 0 Å². The first kappa shape index (κ1) is 16.5. The number of methoxy groups -OCH3 is 1. The molecule has 0 amide bonds. The minimum Gasteiger partial charge on any atom is -0.395 e. The molecule has 0 aliphatic rings. The molecular formula is C13H18N2O4S. The van der Waals surface area contributed by atoms with E-state index >= 15 is 0 Å². The van der Waals surface area contributed by atoms with Crippen LogP contribution in [0.5, 0.6) is 0 Å². The fourth-order valence-electron chi connectivity index (χ4n) is 1.35. The summed E-state index contributed by atoms with van der Waals surface area (Å²) >= 11 is 0. The topological polar surface area (TPSA) is 87.7 Å². The number of rotatable bonds is 7. The molecule has 110 valence electrons. The van der Waals surface area contributed by atoms with Crippen molar-refractivity contribution in [3.05, 3.63) is 29.8 Å². The highest BCUT2D eigenvalue weighted by Gasteiger charge is 2.08. The van der Waals surface area contributed by atoms with E-state index in [1.807, 2.05) is 0 Å². The fraction of sp³-hybridized carbons (Fsp3) is 0.385. The molecule has 0 radical (unpaired) electrons. The van der Waals surface area contributed by atoms with Gasteiger partial charge in [-0.25, -0.2) is 0 Å². The number of hydrogen-bond donors (Lipinski definition) is 3. The van der Waals surface area contributed by atoms with Gasteiger partial charge in [-0.2, -0.15) is 13.1 Å². The van der Waals surface area contributed by atoms with Gasteiger partial charge in [-0.3, -0.25) is 4.72 Å². The molecule has 7 heteroatoms. The van der Waals surface area contributed by atoms with Gasteiger partial charge in [0.2, 0.25) is 0 Å². The monoisotopic (exact) mass is 298 g/mol. The van der Waals surface area contributed by atoms with Crippen LogP contribution in [0.15, 0.2) is 24.3 Å². The molecule has 1 aromatic rings. The quantitative estimate of drug-likeness (QED) is 0.499. The Bertz CT molecular complexity index is 576. The summed E-state index contributed by atoms with van der Waals surface area (Å²) in [6.07, 6.45) is 0.383. The van der Waals surface area contributed by atoms with E-state index < -0.39 is 10.2 Å². The first-order valence-corrected chi connectivity index (χ1v) is 7.52. The van der Waals surface area contributed by atoms with Crippen molar-refractivity contribution >= 4 is 15.9 Å². The van der Waals surface area contributed by atoms with E-state index in [0.29, 0.717) is 24.3 Å². The van der Waals surface area contributed by atoms with Crippen molar-refractivity contribution in [3.8, 4) is 11.8 Å². The first-order chi connectivity index (χ1) is 9.57. The zero-order valence-corrected chi connectivity index (χ0v) is 12.0. The number of aliphatic hydroxyl groups excluding tert-OH is 1. The molecule has 0 bridgehead atoms. The number of aliphatic hydroxyl groups is 1. The minimum absolute atomic E-state index is 0.00272. The molecule has 0 unspecified atom stereocenters. The Morgan fingerprint density at radius 3 is 2.90 bits per heavy atom. The van der Waals surface area contributed by atoms with Crippen LogP contribution in [0.3, 0.4) is 0 Å². The highest BCUT2D eigenvalue weighted by Crippen LogP contribution is 2.11. The average Bonchev–Trinajstić information content (AvgIpc) is 2.39. The average molecular weight is 298 g/mol. The van der Waals surface area contributed by atoms with Gasteiger partial charge in [-0.1, -0.05) is 17.9 Å². The standard InChI is InChI=1S/C13H18N2O4S/c1-19-10-8-14-20(17,18)15-13-7-4-6-12(11-13)5-2-3-9-16/h4,6-7,11,14-16H,3,8-10H2,1H3. The summed E-state index contributed by atoms with van der Waals surface area (Å²) in [4.78, 5) is 0. The molecule has 0 heterocycles. The summed E-state index contributed by atoms with van der Waals surface area (Å²) in [7, 11) is -2.12.